The van der Waals surface area contributed by atoms with Crippen LogP contribution >= 0.6 is 0 Å². The fraction of sp³-hybridized carbons (Fsp3) is 0.743. The van der Waals surface area contributed by atoms with Gasteiger partial charge in [-0.3, -0.25) is 9.80 Å². The largest absolute Gasteiger partial charge is 0.504 e. The van der Waals surface area contributed by atoms with Crippen molar-refractivity contribution in [3.8, 4) is 23.0 Å². The molecule has 2 saturated carbocycles. The predicted molar refractivity (Wildman–Crippen MR) is 345 cm³/mol. The Bertz CT molecular complexity index is 2580. The molecule has 2 saturated heterocycles. The molecule has 0 amide bonds. The van der Waals surface area contributed by atoms with E-state index in [0.29, 0.717) is 248 Å². The molecule has 538 valence electrons. The number of carbonyl (C=O) groups is 2. The van der Waals surface area contributed by atoms with Gasteiger partial charge >= 0.3 is 11.9 Å². The number of piperidine rings is 2. The van der Waals surface area contributed by atoms with E-state index in [2.05, 4.69) is 23.0 Å². The number of carbonyl (C=O) groups excluding carboxylic acids is 2. The molecule has 2 spiro atoms. The molecule has 10 atom stereocenters. The van der Waals surface area contributed by atoms with Crippen molar-refractivity contribution in [2.45, 2.75) is 124 Å². The summed E-state index contributed by atoms with van der Waals surface area (Å²) in [5.41, 5.74) is -1.30. The van der Waals surface area contributed by atoms with E-state index in [9.17, 15) is 10.2 Å². The van der Waals surface area contributed by atoms with Gasteiger partial charge in [0.2, 0.25) is 0 Å². The van der Waals surface area contributed by atoms with Gasteiger partial charge in [0.1, 0.15) is 37.0 Å². The van der Waals surface area contributed by atoms with Crippen LogP contribution in [0, 0.1) is 0 Å². The van der Waals surface area contributed by atoms with Gasteiger partial charge in [0.15, 0.2) is 23.0 Å². The monoisotopic (exact) mass is 1360 g/mol. The zero-order valence-corrected chi connectivity index (χ0v) is 56.4. The minimum atomic E-state index is -1.34. The number of nitrogens with zero attached hydrogens (tertiary/aromatic N) is 2. The van der Waals surface area contributed by atoms with Gasteiger partial charge in [0.05, 0.1) is 194 Å². The van der Waals surface area contributed by atoms with Crippen LogP contribution in [0.2, 0.25) is 0 Å². The quantitative estimate of drug-likeness (QED) is 0.0303. The summed E-state index contributed by atoms with van der Waals surface area (Å²) in [5.74, 6) is -1.65. The summed E-state index contributed by atoms with van der Waals surface area (Å²) in [4.78, 5) is 35.5. The fourth-order valence-corrected chi connectivity index (χ4v) is 16.2. The van der Waals surface area contributed by atoms with Crippen LogP contribution in [0.1, 0.15) is 74.6 Å². The van der Waals surface area contributed by atoms with Gasteiger partial charge in [-0.2, -0.15) is 0 Å². The molecule has 4 aliphatic carbocycles. The van der Waals surface area contributed by atoms with E-state index in [-0.39, 0.29) is 38.3 Å². The molecule has 4 bridgehead atoms. The van der Waals surface area contributed by atoms with Gasteiger partial charge in [-0.25, -0.2) is 9.59 Å². The van der Waals surface area contributed by atoms with E-state index < -0.39 is 70.5 Å². The van der Waals surface area contributed by atoms with Crippen molar-refractivity contribution in [2.24, 2.45) is 0 Å². The number of rotatable bonds is 50. The SMILES string of the molecule is C=CCN1CCC23c4c5ccc(O)c4OC2C(OCOCCOCCOCCOCCOCCOCCOCC)CCC3(OC(=O)C(=O)OC23CCC(OCOCCOCCOCCOCCOCCOCCOCC)C4Oc6c(O)ccc7c6C42CCN(CC=C)C3C7)C1C5. The minimum Gasteiger partial charge on any atom is -0.504 e. The number of aromatic hydroxyl groups is 2. The van der Waals surface area contributed by atoms with E-state index in [1.54, 1.807) is 12.1 Å². The second-order valence-corrected chi connectivity index (χ2v) is 25.0. The zero-order valence-electron chi connectivity index (χ0n) is 56.4. The first-order valence-electron chi connectivity index (χ1n) is 34.7. The summed E-state index contributed by atoms with van der Waals surface area (Å²) in [5, 5.41) is 23.1. The molecule has 2 N–H and O–H groups in total. The predicted octanol–water partition coefficient (Wildman–Crippen LogP) is 4.54. The summed E-state index contributed by atoms with van der Waals surface area (Å²) in [7, 11) is 0. The van der Waals surface area contributed by atoms with Crippen LogP contribution in [0.5, 0.6) is 23.0 Å². The molecule has 96 heavy (non-hydrogen) atoms. The number of benzene rings is 2. The van der Waals surface area contributed by atoms with Crippen LogP contribution in [0.15, 0.2) is 49.6 Å². The number of phenols is 2. The molecule has 4 fully saturated rings. The fourth-order valence-electron chi connectivity index (χ4n) is 16.2. The molecule has 8 aliphatic rings. The molecule has 4 heterocycles. The second-order valence-electron chi connectivity index (χ2n) is 25.0. The van der Waals surface area contributed by atoms with Crippen molar-refractivity contribution in [1.82, 2.24) is 9.80 Å². The van der Waals surface area contributed by atoms with Crippen LogP contribution in [0.25, 0.3) is 0 Å². The molecule has 0 aromatic heterocycles. The summed E-state index contributed by atoms with van der Waals surface area (Å²) < 4.78 is 119. The third-order valence-electron chi connectivity index (χ3n) is 20.0. The van der Waals surface area contributed by atoms with Gasteiger partial charge in [-0.05, 0) is 88.5 Å². The highest BCUT2D eigenvalue weighted by molar-refractivity contribution is 6.30. The van der Waals surface area contributed by atoms with Crippen molar-refractivity contribution in [2.75, 3.05) is 212 Å². The minimum absolute atomic E-state index is 0.0319. The Kier molecular flexibility index (Phi) is 28.6. The Balaban J connectivity index is 0.735. The summed E-state index contributed by atoms with van der Waals surface area (Å²) >= 11 is 0. The Morgan fingerprint density at radius 3 is 1.06 bits per heavy atom. The maximum atomic E-state index is 15.5. The maximum Gasteiger partial charge on any atom is 0.418 e. The van der Waals surface area contributed by atoms with Crippen molar-refractivity contribution in [3.63, 3.8) is 0 Å². The molecule has 2 aromatic carbocycles. The van der Waals surface area contributed by atoms with Gasteiger partial charge in [0, 0.05) is 50.5 Å². The highest BCUT2D eigenvalue weighted by Crippen LogP contribution is 2.69. The first-order chi connectivity index (χ1) is 47.1. The first-order valence-corrected chi connectivity index (χ1v) is 34.7. The standard InChI is InChI=1S/C70H104N2O24/c1-5-19-71-21-17-67-59-51-9-11-53(73)61(59)93-63(67)55(91-49-89-45-43-87-41-39-85-37-35-83-33-31-81-29-27-79-25-23-77-7-3)13-15-69(67,57(71)47-51)95-65(75)66(76)96-70-16-14-56(64-68(70)18-22-72(20-6-2)58(70)48-52-10-12-54(74)62(94-64)60(52)68)92-50-90-46-44-88-42-40-86-38-36-84-34-32-82-30-28-80-26-24-78-8-4/h5-6,9-12,55-58,63-64,73-74H,1-2,7-8,13-50H2,3-4H3. The number of hydrogen-bond acceptors (Lipinski definition) is 26. The van der Waals surface area contributed by atoms with Gasteiger partial charge in [-0.15, -0.1) is 13.2 Å². The van der Waals surface area contributed by atoms with Crippen LogP contribution in [0.3, 0.4) is 0 Å². The number of hydrogen-bond donors (Lipinski definition) is 2. The number of ether oxygens (including phenoxy) is 20. The van der Waals surface area contributed by atoms with Gasteiger partial charge in [0.25, 0.3) is 0 Å². The Hall–Kier alpha value is -4.66. The molecule has 10 rings (SSSR count). The molecule has 26 heteroatoms. The topological polar surface area (TPSA) is 266 Å². The lowest BCUT2D eigenvalue weighted by molar-refractivity contribution is -0.255. The van der Waals surface area contributed by atoms with Crippen molar-refractivity contribution < 1.29 is 115 Å². The van der Waals surface area contributed by atoms with Crippen LogP contribution in [-0.4, -0.2) is 291 Å². The molecule has 2 aromatic rings. The smallest absolute Gasteiger partial charge is 0.418 e. The van der Waals surface area contributed by atoms with Gasteiger partial charge < -0.3 is 105 Å². The lowest BCUT2D eigenvalue weighted by Gasteiger charge is -2.65. The molecule has 0 radical (unpaired) electrons. The third-order valence-corrected chi connectivity index (χ3v) is 20.0. The Labute approximate surface area is 564 Å². The second kappa shape index (κ2) is 37.1. The Morgan fingerprint density at radius 2 is 0.760 bits per heavy atom. The molecule has 26 nitrogen and oxygen atoms in total. The van der Waals surface area contributed by atoms with E-state index in [4.69, 9.17) is 94.7 Å². The number of likely N-dealkylation sites (tertiary alicyclic amines) is 2. The summed E-state index contributed by atoms with van der Waals surface area (Å²) in [6.45, 7) is 26.0. The average molecular weight is 1360 g/mol. The van der Waals surface area contributed by atoms with Crippen LogP contribution < -0.4 is 9.47 Å². The first kappa shape index (κ1) is 74.0. The number of esters is 2. The maximum absolute atomic E-state index is 15.5. The average Bonchev–Trinajstić information content (AvgIpc) is 1.40. The summed E-state index contributed by atoms with van der Waals surface area (Å²) in [6.07, 6.45) is 4.29. The van der Waals surface area contributed by atoms with Crippen LogP contribution in [-0.2, 0) is 119 Å². The highest BCUT2D eigenvalue weighted by Gasteiger charge is 2.78. The molecule has 4 aliphatic heterocycles. The van der Waals surface area contributed by atoms with Crippen molar-refractivity contribution in [1.29, 1.82) is 0 Å². The Morgan fingerprint density at radius 1 is 0.458 bits per heavy atom. The van der Waals surface area contributed by atoms with Crippen molar-refractivity contribution in [3.05, 3.63) is 71.8 Å². The third kappa shape index (κ3) is 16.5. The normalized spacial score (nSPS) is 27.2. The lowest BCUT2D eigenvalue weighted by atomic mass is 9.48. The van der Waals surface area contributed by atoms with E-state index in [1.807, 2.05) is 38.1 Å². The van der Waals surface area contributed by atoms with E-state index in [0.717, 1.165) is 22.3 Å². The number of phenolic OH excluding ortho intramolecular Hbond substituents is 2. The molecular weight excluding hydrogens is 1250 g/mol. The van der Waals surface area contributed by atoms with Crippen LogP contribution in [0.4, 0.5) is 0 Å². The van der Waals surface area contributed by atoms with E-state index in [1.165, 1.54) is 0 Å². The zero-order chi connectivity index (χ0) is 67.1. The summed E-state index contributed by atoms with van der Waals surface area (Å²) in [6, 6.07) is 6.31. The van der Waals surface area contributed by atoms with Crippen molar-refractivity contribution >= 4 is 11.9 Å². The molecular formula is C70H104N2O24. The molecule has 10 unspecified atom stereocenters. The lowest BCUT2D eigenvalue weighted by Crippen LogP contribution is -2.79. The highest BCUT2D eigenvalue weighted by atomic mass is 16.7. The van der Waals surface area contributed by atoms with E-state index >= 15 is 9.59 Å². The van der Waals surface area contributed by atoms with Gasteiger partial charge in [-0.1, -0.05) is 24.3 Å².